The molecule has 0 aromatic carbocycles. The van der Waals surface area contributed by atoms with E-state index in [1.807, 2.05) is 0 Å². The Morgan fingerprint density at radius 2 is 2.06 bits per heavy atom. The Hall–Kier alpha value is -0.0800. The van der Waals surface area contributed by atoms with Crippen molar-refractivity contribution in [3.63, 3.8) is 0 Å². The van der Waals surface area contributed by atoms with E-state index in [2.05, 4.69) is 25.8 Å². The number of fused-ring (bicyclic) bond motifs is 2. The zero-order chi connectivity index (χ0) is 12.5. The molecule has 0 heterocycles. The Morgan fingerprint density at radius 1 is 1.29 bits per heavy atom. The van der Waals surface area contributed by atoms with Gasteiger partial charge < -0.3 is 10.6 Å². The van der Waals surface area contributed by atoms with Gasteiger partial charge in [-0.1, -0.05) is 20.3 Å². The smallest absolute Gasteiger partial charge is 0.00444 e. The summed E-state index contributed by atoms with van der Waals surface area (Å²) in [6.07, 6.45) is 7.23. The number of hydrogen-bond acceptors (Lipinski definition) is 2. The highest BCUT2D eigenvalue weighted by molar-refractivity contribution is 4.91. The molecule has 0 aromatic heterocycles. The molecule has 0 radical (unpaired) electrons. The average molecular weight is 238 g/mol. The van der Waals surface area contributed by atoms with Crippen LogP contribution in [-0.4, -0.2) is 31.6 Å². The van der Waals surface area contributed by atoms with Crippen molar-refractivity contribution in [1.82, 2.24) is 4.90 Å². The summed E-state index contributed by atoms with van der Waals surface area (Å²) < 4.78 is 0. The molecule has 2 saturated carbocycles. The predicted molar refractivity (Wildman–Crippen MR) is 73.9 cm³/mol. The molecule has 2 bridgehead atoms. The lowest BCUT2D eigenvalue weighted by atomic mass is 9.85. The van der Waals surface area contributed by atoms with E-state index in [0.29, 0.717) is 5.41 Å². The summed E-state index contributed by atoms with van der Waals surface area (Å²) in [4.78, 5) is 2.54. The molecular formula is C15H30N2. The average Bonchev–Trinajstić information content (AvgIpc) is 2.90. The molecule has 2 N–H and O–H groups in total. The van der Waals surface area contributed by atoms with Gasteiger partial charge in [-0.25, -0.2) is 0 Å². The molecule has 0 spiro atoms. The van der Waals surface area contributed by atoms with Crippen molar-refractivity contribution in [3.8, 4) is 0 Å². The van der Waals surface area contributed by atoms with E-state index in [9.17, 15) is 0 Å². The third-order valence-corrected chi connectivity index (χ3v) is 5.43. The van der Waals surface area contributed by atoms with Gasteiger partial charge in [0.05, 0.1) is 0 Å². The first kappa shape index (κ1) is 13.4. The summed E-state index contributed by atoms with van der Waals surface area (Å²) in [6.45, 7) is 7.86. The van der Waals surface area contributed by atoms with Gasteiger partial charge >= 0.3 is 0 Å². The van der Waals surface area contributed by atoms with Crippen LogP contribution in [-0.2, 0) is 0 Å². The van der Waals surface area contributed by atoms with Gasteiger partial charge in [-0.15, -0.1) is 0 Å². The summed E-state index contributed by atoms with van der Waals surface area (Å²) in [7, 11) is 2.29. The van der Waals surface area contributed by atoms with Crippen molar-refractivity contribution >= 4 is 0 Å². The second-order valence-corrected chi connectivity index (χ2v) is 7.00. The lowest BCUT2D eigenvalue weighted by molar-refractivity contribution is 0.152. The van der Waals surface area contributed by atoms with E-state index >= 15 is 0 Å². The molecule has 2 heteroatoms. The highest BCUT2D eigenvalue weighted by atomic mass is 15.1. The minimum atomic E-state index is 0.312. The molecule has 0 aromatic rings. The van der Waals surface area contributed by atoms with Gasteiger partial charge in [0.2, 0.25) is 0 Å². The summed E-state index contributed by atoms with van der Waals surface area (Å²) in [5.74, 6) is 3.11. The van der Waals surface area contributed by atoms with E-state index in [0.717, 1.165) is 30.8 Å². The van der Waals surface area contributed by atoms with Crippen molar-refractivity contribution in [2.75, 3.05) is 26.7 Å². The van der Waals surface area contributed by atoms with Crippen LogP contribution in [0.2, 0.25) is 0 Å². The largest absolute Gasteiger partial charge is 0.330 e. The summed E-state index contributed by atoms with van der Waals surface area (Å²) in [5.41, 5.74) is 6.22. The van der Waals surface area contributed by atoms with Crippen LogP contribution in [0.3, 0.4) is 0 Å². The fourth-order valence-electron chi connectivity index (χ4n) is 4.04. The fourth-order valence-corrected chi connectivity index (χ4v) is 4.04. The Balaban J connectivity index is 1.79. The first-order chi connectivity index (χ1) is 8.06. The molecule has 0 saturated heterocycles. The van der Waals surface area contributed by atoms with E-state index < -0.39 is 0 Å². The first-order valence-corrected chi connectivity index (χ1v) is 7.45. The Bertz CT molecular complexity index is 247. The third kappa shape index (κ3) is 3.03. The SMILES string of the molecule is CCC(C)(CN)CN(C)CC1CC2CCC1C2. The molecule has 2 fully saturated rings. The fraction of sp³-hybridized carbons (Fsp3) is 1.00. The molecule has 100 valence electrons. The maximum Gasteiger partial charge on any atom is 0.00444 e. The van der Waals surface area contributed by atoms with Crippen molar-refractivity contribution in [3.05, 3.63) is 0 Å². The lowest BCUT2D eigenvalue weighted by Crippen LogP contribution is -2.41. The second kappa shape index (κ2) is 5.27. The van der Waals surface area contributed by atoms with Crippen molar-refractivity contribution < 1.29 is 0 Å². The second-order valence-electron chi connectivity index (χ2n) is 7.00. The number of hydrogen-bond donors (Lipinski definition) is 1. The van der Waals surface area contributed by atoms with Crippen molar-refractivity contribution in [2.45, 2.75) is 46.0 Å². The third-order valence-electron chi connectivity index (χ3n) is 5.43. The van der Waals surface area contributed by atoms with Gasteiger partial charge in [0.15, 0.2) is 0 Å². The molecule has 2 aliphatic carbocycles. The monoisotopic (exact) mass is 238 g/mol. The van der Waals surface area contributed by atoms with Crippen LogP contribution in [0.4, 0.5) is 0 Å². The van der Waals surface area contributed by atoms with Crippen LogP contribution < -0.4 is 5.73 Å². The zero-order valence-electron chi connectivity index (χ0n) is 11.9. The zero-order valence-corrected chi connectivity index (χ0v) is 11.9. The van der Waals surface area contributed by atoms with E-state index in [-0.39, 0.29) is 0 Å². The van der Waals surface area contributed by atoms with Gasteiger partial charge in [-0.2, -0.15) is 0 Å². The normalized spacial score (nSPS) is 35.5. The summed E-state index contributed by atoms with van der Waals surface area (Å²) >= 11 is 0. The van der Waals surface area contributed by atoms with E-state index in [4.69, 9.17) is 5.73 Å². The molecule has 4 atom stereocenters. The molecule has 4 unspecified atom stereocenters. The van der Waals surface area contributed by atoms with Gasteiger partial charge in [-0.3, -0.25) is 0 Å². The van der Waals surface area contributed by atoms with Crippen molar-refractivity contribution in [2.24, 2.45) is 28.9 Å². The van der Waals surface area contributed by atoms with Gasteiger partial charge in [-0.05, 0) is 62.4 Å². The van der Waals surface area contributed by atoms with Gasteiger partial charge in [0.1, 0.15) is 0 Å². The number of nitrogens with zero attached hydrogens (tertiary/aromatic N) is 1. The molecule has 17 heavy (non-hydrogen) atoms. The standard InChI is InChI=1S/C15H30N2/c1-4-15(2,10-16)11-17(3)9-14-8-12-5-6-13(14)7-12/h12-14H,4-11,16H2,1-3H3. The predicted octanol–water partition coefficient (Wildman–Crippen LogP) is 2.73. The van der Waals surface area contributed by atoms with Crippen LogP contribution in [0.1, 0.15) is 46.0 Å². The van der Waals surface area contributed by atoms with Crippen molar-refractivity contribution in [1.29, 1.82) is 0 Å². The minimum Gasteiger partial charge on any atom is -0.330 e. The highest BCUT2D eigenvalue weighted by Crippen LogP contribution is 2.48. The number of rotatable bonds is 6. The molecule has 2 aliphatic rings. The Morgan fingerprint density at radius 3 is 2.53 bits per heavy atom. The molecular weight excluding hydrogens is 208 g/mol. The summed E-state index contributed by atoms with van der Waals surface area (Å²) in [5, 5.41) is 0. The lowest BCUT2D eigenvalue weighted by Gasteiger charge is -2.34. The van der Waals surface area contributed by atoms with Crippen LogP contribution in [0.15, 0.2) is 0 Å². The maximum atomic E-state index is 5.91. The van der Waals surface area contributed by atoms with E-state index in [1.165, 1.54) is 38.6 Å². The number of nitrogens with two attached hydrogens (primary N) is 1. The molecule has 2 rings (SSSR count). The Labute approximate surface area is 107 Å². The first-order valence-electron chi connectivity index (χ1n) is 7.45. The minimum absolute atomic E-state index is 0.312. The van der Waals surface area contributed by atoms with Gasteiger partial charge in [0, 0.05) is 13.1 Å². The molecule has 0 amide bonds. The Kier molecular flexibility index (Phi) is 4.14. The van der Waals surface area contributed by atoms with Crippen LogP contribution in [0.25, 0.3) is 0 Å². The molecule has 0 aliphatic heterocycles. The maximum absolute atomic E-state index is 5.91. The van der Waals surface area contributed by atoms with Crippen LogP contribution in [0, 0.1) is 23.2 Å². The summed E-state index contributed by atoms with van der Waals surface area (Å²) in [6, 6.07) is 0. The topological polar surface area (TPSA) is 29.3 Å². The van der Waals surface area contributed by atoms with Crippen LogP contribution >= 0.6 is 0 Å². The van der Waals surface area contributed by atoms with Crippen LogP contribution in [0.5, 0.6) is 0 Å². The van der Waals surface area contributed by atoms with E-state index in [1.54, 1.807) is 0 Å². The molecule has 2 nitrogen and oxygen atoms in total. The van der Waals surface area contributed by atoms with Gasteiger partial charge in [0.25, 0.3) is 0 Å². The highest BCUT2D eigenvalue weighted by Gasteiger charge is 2.39. The quantitative estimate of drug-likeness (QED) is 0.771.